The van der Waals surface area contributed by atoms with Crippen LogP contribution in [0.3, 0.4) is 0 Å². The lowest BCUT2D eigenvalue weighted by atomic mass is 9.81. The number of halogens is 3. The fourth-order valence-electron chi connectivity index (χ4n) is 2.98. The van der Waals surface area contributed by atoms with E-state index in [1.54, 1.807) is 30.3 Å². The first kappa shape index (κ1) is 20.9. The number of amides is 1. The molecule has 1 saturated carbocycles. The molecule has 5 nitrogen and oxygen atoms in total. The summed E-state index contributed by atoms with van der Waals surface area (Å²) < 4.78 is 55.0. The number of hydrogen-bond acceptors (Lipinski definition) is 3. The molecule has 1 amide bonds. The Morgan fingerprint density at radius 2 is 1.82 bits per heavy atom. The smallest absolute Gasteiger partial charge is 0.244 e. The summed E-state index contributed by atoms with van der Waals surface area (Å²) in [6.45, 7) is 0. The van der Waals surface area contributed by atoms with E-state index in [-0.39, 0.29) is 10.4 Å². The highest BCUT2D eigenvalue weighted by atomic mass is 79.9. The van der Waals surface area contributed by atoms with Crippen LogP contribution < -0.4 is 10.0 Å². The minimum Gasteiger partial charge on any atom is -0.325 e. The van der Waals surface area contributed by atoms with Gasteiger partial charge in [0.15, 0.2) is 0 Å². The van der Waals surface area contributed by atoms with Crippen molar-refractivity contribution in [3.63, 3.8) is 0 Å². The maximum Gasteiger partial charge on any atom is 0.244 e. The van der Waals surface area contributed by atoms with Gasteiger partial charge in [-0.1, -0.05) is 37.5 Å². The molecular formula is C19H19BrF2N2O3S. The highest BCUT2D eigenvalue weighted by Crippen LogP contribution is 2.31. The van der Waals surface area contributed by atoms with Gasteiger partial charge < -0.3 is 5.32 Å². The summed E-state index contributed by atoms with van der Waals surface area (Å²) in [5.41, 5.74) is 0.529. The topological polar surface area (TPSA) is 75.3 Å². The molecule has 1 fully saturated rings. The average Bonchev–Trinajstić information content (AvgIpc) is 2.60. The summed E-state index contributed by atoms with van der Waals surface area (Å²) in [6.07, 6.45) is 3.16. The van der Waals surface area contributed by atoms with Crippen LogP contribution in [-0.4, -0.2) is 20.4 Å². The van der Waals surface area contributed by atoms with Crippen molar-refractivity contribution in [2.45, 2.75) is 36.6 Å². The van der Waals surface area contributed by atoms with E-state index in [1.807, 2.05) is 0 Å². The van der Waals surface area contributed by atoms with Crippen LogP contribution in [0.2, 0.25) is 0 Å². The fraction of sp³-hybridized carbons (Fsp3) is 0.316. The first-order valence-corrected chi connectivity index (χ1v) is 11.1. The van der Waals surface area contributed by atoms with Gasteiger partial charge in [0.05, 0.1) is 4.47 Å². The van der Waals surface area contributed by atoms with Gasteiger partial charge in [0.1, 0.15) is 22.6 Å². The highest BCUT2D eigenvalue weighted by Gasteiger charge is 2.32. The molecule has 2 N–H and O–H groups in total. The average molecular weight is 473 g/mol. The molecule has 2 aromatic rings. The van der Waals surface area contributed by atoms with E-state index in [2.05, 4.69) is 26.0 Å². The predicted molar refractivity (Wildman–Crippen MR) is 105 cm³/mol. The number of hydrogen-bond donors (Lipinski definition) is 2. The van der Waals surface area contributed by atoms with Crippen molar-refractivity contribution >= 4 is 37.5 Å². The van der Waals surface area contributed by atoms with Gasteiger partial charge in [-0.25, -0.2) is 17.2 Å². The number of benzene rings is 2. The van der Waals surface area contributed by atoms with Crippen LogP contribution in [0.4, 0.5) is 14.5 Å². The lowest BCUT2D eigenvalue weighted by molar-refractivity contribution is -0.118. The van der Waals surface area contributed by atoms with E-state index in [0.29, 0.717) is 18.2 Å². The third-order valence-corrected chi connectivity index (χ3v) is 6.81. The first-order chi connectivity index (χ1) is 13.3. The van der Waals surface area contributed by atoms with Crippen molar-refractivity contribution in [3.8, 4) is 0 Å². The maximum atomic E-state index is 14.1. The zero-order chi connectivity index (χ0) is 20.3. The number of nitrogens with one attached hydrogen (secondary N) is 2. The van der Waals surface area contributed by atoms with Crippen LogP contribution in [0.5, 0.6) is 0 Å². The third-order valence-electron chi connectivity index (χ3n) is 4.71. The molecule has 0 aliphatic heterocycles. The number of sulfonamides is 1. The van der Waals surface area contributed by atoms with E-state index < -0.39 is 38.5 Å². The first-order valence-electron chi connectivity index (χ1n) is 8.79. The van der Waals surface area contributed by atoms with Crippen LogP contribution in [0.1, 0.15) is 25.7 Å². The largest absolute Gasteiger partial charge is 0.325 e. The number of carbonyl (C=O) groups is 1. The molecule has 0 bridgehead atoms. The molecule has 28 heavy (non-hydrogen) atoms. The lowest BCUT2D eigenvalue weighted by Gasteiger charge is -2.29. The predicted octanol–water partition coefficient (Wildman–Crippen LogP) is 4.20. The monoisotopic (exact) mass is 472 g/mol. The van der Waals surface area contributed by atoms with Gasteiger partial charge in [-0.3, -0.25) is 4.79 Å². The Hall–Kier alpha value is -1.84. The standard InChI is InChI=1S/C19H19BrF2N2O3S/c20-14-10-18(16(22)11-15(14)21)28(26,27)24-17(9-12-5-4-6-12)19(25)23-13-7-2-1-3-8-13/h1-3,7-8,10-12,17,24H,4-6,9H2,(H,23,25). The van der Waals surface area contributed by atoms with Crippen LogP contribution in [0.25, 0.3) is 0 Å². The van der Waals surface area contributed by atoms with E-state index in [0.717, 1.165) is 25.3 Å². The molecule has 2 aromatic carbocycles. The SMILES string of the molecule is O=C(Nc1ccccc1)C(CC1CCC1)NS(=O)(=O)c1cc(Br)c(F)cc1F. The molecule has 150 valence electrons. The number of carbonyl (C=O) groups excluding carboxylic acids is 1. The summed E-state index contributed by atoms with van der Waals surface area (Å²) in [6, 6.07) is 8.91. The molecule has 9 heteroatoms. The summed E-state index contributed by atoms with van der Waals surface area (Å²) in [5.74, 6) is -2.44. The number of para-hydroxylation sites is 1. The lowest BCUT2D eigenvalue weighted by Crippen LogP contribution is -2.45. The fourth-order valence-corrected chi connectivity index (χ4v) is 4.77. The Kier molecular flexibility index (Phi) is 6.47. The third kappa shape index (κ3) is 4.95. The van der Waals surface area contributed by atoms with E-state index in [4.69, 9.17) is 0 Å². The van der Waals surface area contributed by atoms with Crippen LogP contribution in [0, 0.1) is 17.6 Å². The second kappa shape index (κ2) is 8.67. The molecule has 1 aliphatic rings. The Morgan fingerprint density at radius 3 is 2.43 bits per heavy atom. The summed E-state index contributed by atoms with van der Waals surface area (Å²) >= 11 is 2.86. The normalized spacial score (nSPS) is 15.7. The zero-order valence-corrected chi connectivity index (χ0v) is 17.2. The zero-order valence-electron chi connectivity index (χ0n) is 14.8. The maximum absolute atomic E-state index is 14.1. The second-order valence-electron chi connectivity index (χ2n) is 6.76. The van der Waals surface area contributed by atoms with Crippen LogP contribution >= 0.6 is 15.9 Å². The van der Waals surface area contributed by atoms with E-state index in [9.17, 15) is 22.0 Å². The summed E-state index contributed by atoms with van der Waals surface area (Å²) in [4.78, 5) is 12.0. The van der Waals surface area contributed by atoms with Gasteiger partial charge >= 0.3 is 0 Å². The number of rotatable bonds is 7. The summed E-state index contributed by atoms with van der Waals surface area (Å²) in [7, 11) is -4.38. The molecule has 0 spiro atoms. The molecule has 1 unspecified atom stereocenters. The van der Waals surface area contributed by atoms with Gasteiger partial charge in [0.25, 0.3) is 0 Å². The molecule has 1 aliphatic carbocycles. The van der Waals surface area contributed by atoms with Crippen molar-refractivity contribution in [2.75, 3.05) is 5.32 Å². The van der Waals surface area contributed by atoms with Crippen LogP contribution in [0.15, 0.2) is 51.8 Å². The minimum absolute atomic E-state index is 0.182. The van der Waals surface area contributed by atoms with E-state index in [1.165, 1.54) is 0 Å². The molecule has 0 radical (unpaired) electrons. The molecule has 1 atom stereocenters. The molecule has 0 heterocycles. The van der Waals surface area contributed by atoms with Crippen molar-refractivity contribution in [2.24, 2.45) is 5.92 Å². The second-order valence-corrected chi connectivity index (χ2v) is 9.30. The van der Waals surface area contributed by atoms with Crippen molar-refractivity contribution in [3.05, 3.63) is 58.6 Å². The van der Waals surface area contributed by atoms with Gasteiger partial charge in [-0.15, -0.1) is 0 Å². The van der Waals surface area contributed by atoms with Gasteiger partial charge in [0, 0.05) is 11.8 Å². The highest BCUT2D eigenvalue weighted by molar-refractivity contribution is 9.10. The Morgan fingerprint density at radius 1 is 1.14 bits per heavy atom. The van der Waals surface area contributed by atoms with E-state index >= 15 is 0 Å². The van der Waals surface area contributed by atoms with Crippen molar-refractivity contribution in [1.82, 2.24) is 4.72 Å². The van der Waals surface area contributed by atoms with Gasteiger partial charge in [-0.05, 0) is 46.5 Å². The quantitative estimate of drug-likeness (QED) is 0.592. The summed E-state index contributed by atoms with van der Waals surface area (Å²) in [5, 5.41) is 2.68. The van der Waals surface area contributed by atoms with Crippen molar-refractivity contribution in [1.29, 1.82) is 0 Å². The minimum atomic E-state index is -4.38. The number of anilines is 1. The van der Waals surface area contributed by atoms with Gasteiger partial charge in [0.2, 0.25) is 15.9 Å². The Labute approximate surface area is 170 Å². The molecule has 3 rings (SSSR count). The molecule has 0 aromatic heterocycles. The Balaban J connectivity index is 1.83. The van der Waals surface area contributed by atoms with Gasteiger partial charge in [-0.2, -0.15) is 4.72 Å². The molecule has 0 saturated heterocycles. The van der Waals surface area contributed by atoms with Crippen molar-refractivity contribution < 1.29 is 22.0 Å². The molecular weight excluding hydrogens is 454 g/mol. The Bertz CT molecular complexity index is 967. The van der Waals surface area contributed by atoms with Crippen LogP contribution in [-0.2, 0) is 14.8 Å².